The molecular weight excluding hydrogens is 446 g/mol. The summed E-state index contributed by atoms with van der Waals surface area (Å²) >= 11 is 4.25. The van der Waals surface area contributed by atoms with Gasteiger partial charge < -0.3 is 19.5 Å². The summed E-state index contributed by atoms with van der Waals surface area (Å²) in [4.78, 5) is 13.2. The number of methoxy groups -OCH3 is 1. The Hall–Kier alpha value is -3.22. The number of thiol groups is 1. The summed E-state index contributed by atoms with van der Waals surface area (Å²) in [6, 6.07) is 21.1. The highest BCUT2D eigenvalue weighted by molar-refractivity contribution is 7.80. The number of carbonyl (C=O) groups is 1. The first-order valence-electron chi connectivity index (χ1n) is 11.4. The van der Waals surface area contributed by atoms with Crippen molar-refractivity contribution in [1.29, 1.82) is 0 Å². The molecule has 0 aliphatic carbocycles. The van der Waals surface area contributed by atoms with Crippen molar-refractivity contribution >= 4 is 30.3 Å². The molecule has 0 saturated carbocycles. The maximum atomic E-state index is 12.3. The van der Waals surface area contributed by atoms with Gasteiger partial charge in [-0.1, -0.05) is 31.5 Å². The van der Waals surface area contributed by atoms with Crippen molar-refractivity contribution < 1.29 is 19.0 Å². The first-order valence-corrected chi connectivity index (χ1v) is 11.8. The van der Waals surface area contributed by atoms with Crippen LogP contribution in [-0.2, 0) is 9.53 Å². The number of ether oxygens (including phenoxy) is 3. The van der Waals surface area contributed by atoms with Crippen LogP contribution in [0.15, 0.2) is 77.7 Å². The van der Waals surface area contributed by atoms with E-state index in [4.69, 9.17) is 14.2 Å². The molecule has 0 fully saturated rings. The average molecular weight is 478 g/mol. The third kappa shape index (κ3) is 7.97. The topological polar surface area (TPSA) is 56.8 Å². The molecule has 0 unspecified atom stereocenters. The van der Waals surface area contributed by atoms with Crippen LogP contribution in [0.25, 0.3) is 17.2 Å². The molecule has 3 rings (SSSR count). The van der Waals surface area contributed by atoms with Crippen molar-refractivity contribution in [1.82, 2.24) is 0 Å². The minimum atomic E-state index is -0.223. The largest absolute Gasteiger partial charge is 0.496 e. The normalized spacial score (nSPS) is 10.9. The van der Waals surface area contributed by atoms with Crippen LogP contribution >= 0.6 is 12.6 Å². The molecule has 0 atom stereocenters. The van der Waals surface area contributed by atoms with Crippen molar-refractivity contribution in [2.75, 3.05) is 32.2 Å². The zero-order valence-corrected chi connectivity index (χ0v) is 20.5. The summed E-state index contributed by atoms with van der Waals surface area (Å²) < 4.78 is 16.8. The lowest BCUT2D eigenvalue weighted by Crippen LogP contribution is -2.07. The average Bonchev–Trinajstić information content (AvgIpc) is 2.86. The zero-order chi connectivity index (χ0) is 24.2. The Kier molecular flexibility index (Phi) is 10.1. The Labute approximate surface area is 207 Å². The van der Waals surface area contributed by atoms with E-state index >= 15 is 0 Å². The third-order valence-electron chi connectivity index (χ3n) is 5.11. The van der Waals surface area contributed by atoms with Crippen LogP contribution in [0.1, 0.15) is 25.3 Å². The minimum Gasteiger partial charge on any atom is -0.496 e. The van der Waals surface area contributed by atoms with E-state index in [-0.39, 0.29) is 5.91 Å². The van der Waals surface area contributed by atoms with Crippen LogP contribution in [0.4, 0.5) is 5.69 Å². The van der Waals surface area contributed by atoms with Gasteiger partial charge in [0.25, 0.3) is 0 Å². The lowest BCUT2D eigenvalue weighted by molar-refractivity contribution is -0.111. The lowest BCUT2D eigenvalue weighted by Gasteiger charge is -2.10. The van der Waals surface area contributed by atoms with Gasteiger partial charge >= 0.3 is 0 Å². The second-order valence-electron chi connectivity index (χ2n) is 7.66. The van der Waals surface area contributed by atoms with Crippen molar-refractivity contribution in [3.05, 3.63) is 78.4 Å². The molecule has 0 heterocycles. The number of carbonyl (C=O) groups excluding carboxylic acids is 1. The second kappa shape index (κ2) is 13.5. The number of benzene rings is 3. The fraction of sp³-hybridized carbons (Fsp3) is 0.250. The van der Waals surface area contributed by atoms with E-state index in [0.29, 0.717) is 24.7 Å². The standard InChI is InChI=1S/C28H31NO4S/c1-3-4-17-32-18-19-33-25-11-5-21(6-12-25)22-7-15-27(31-2)23(20-22)8-16-28(30)29-24-9-13-26(34)14-10-24/h5-16,20,34H,3-4,17-19H2,1-2H3,(H,29,30)/b16-8+. The Balaban J connectivity index is 1.63. The molecule has 6 heteroatoms. The van der Waals surface area contributed by atoms with E-state index < -0.39 is 0 Å². The summed E-state index contributed by atoms with van der Waals surface area (Å²) in [5.74, 6) is 1.27. The van der Waals surface area contributed by atoms with Gasteiger partial charge in [0.15, 0.2) is 0 Å². The molecule has 34 heavy (non-hydrogen) atoms. The minimum absolute atomic E-state index is 0.223. The molecule has 0 saturated heterocycles. The maximum Gasteiger partial charge on any atom is 0.248 e. The summed E-state index contributed by atoms with van der Waals surface area (Å²) in [6.07, 6.45) is 5.45. The smallest absolute Gasteiger partial charge is 0.248 e. The molecule has 0 bridgehead atoms. The molecule has 1 amide bonds. The Morgan fingerprint density at radius 3 is 2.38 bits per heavy atom. The molecule has 0 aliphatic rings. The highest BCUT2D eigenvalue weighted by Crippen LogP contribution is 2.29. The molecule has 3 aromatic carbocycles. The zero-order valence-electron chi connectivity index (χ0n) is 19.6. The van der Waals surface area contributed by atoms with E-state index in [2.05, 4.69) is 24.9 Å². The molecule has 0 radical (unpaired) electrons. The molecule has 178 valence electrons. The summed E-state index contributed by atoms with van der Waals surface area (Å²) in [7, 11) is 1.61. The maximum absolute atomic E-state index is 12.3. The van der Waals surface area contributed by atoms with Crippen LogP contribution < -0.4 is 14.8 Å². The van der Waals surface area contributed by atoms with Gasteiger partial charge in [-0.3, -0.25) is 4.79 Å². The van der Waals surface area contributed by atoms with Crippen molar-refractivity contribution in [2.45, 2.75) is 24.7 Å². The SMILES string of the molecule is CCCCOCCOc1ccc(-c2ccc(OC)c(/C=C/C(=O)Nc3ccc(S)cc3)c2)cc1. The van der Waals surface area contributed by atoms with Gasteiger partial charge in [0.2, 0.25) is 5.91 Å². The number of hydrogen-bond donors (Lipinski definition) is 2. The monoisotopic (exact) mass is 477 g/mol. The predicted octanol–water partition coefficient (Wildman–Crippen LogP) is 6.50. The summed E-state index contributed by atoms with van der Waals surface area (Å²) in [5.41, 5.74) is 3.58. The quantitative estimate of drug-likeness (QED) is 0.178. The van der Waals surface area contributed by atoms with Gasteiger partial charge in [-0.15, -0.1) is 12.6 Å². The third-order valence-corrected chi connectivity index (χ3v) is 5.40. The Bertz CT molecular complexity index is 1080. The fourth-order valence-corrected chi connectivity index (χ4v) is 3.40. The van der Waals surface area contributed by atoms with Gasteiger partial charge in [0.05, 0.1) is 13.7 Å². The van der Waals surface area contributed by atoms with Crippen LogP contribution in [0.5, 0.6) is 11.5 Å². The van der Waals surface area contributed by atoms with Crippen molar-refractivity contribution in [2.24, 2.45) is 0 Å². The highest BCUT2D eigenvalue weighted by atomic mass is 32.1. The van der Waals surface area contributed by atoms with E-state index in [1.165, 1.54) is 6.08 Å². The predicted molar refractivity (Wildman–Crippen MR) is 141 cm³/mol. The number of hydrogen-bond acceptors (Lipinski definition) is 5. The summed E-state index contributed by atoms with van der Waals surface area (Å²) in [6.45, 7) is 4.04. The van der Waals surface area contributed by atoms with Gasteiger partial charge in [0.1, 0.15) is 18.1 Å². The molecule has 0 spiro atoms. The van der Waals surface area contributed by atoms with Crippen LogP contribution in [0.2, 0.25) is 0 Å². The molecule has 0 aliphatic heterocycles. The van der Waals surface area contributed by atoms with Crippen LogP contribution in [0, 0.1) is 0 Å². The van der Waals surface area contributed by atoms with Crippen LogP contribution in [-0.4, -0.2) is 32.8 Å². The van der Waals surface area contributed by atoms with Gasteiger partial charge in [-0.2, -0.15) is 0 Å². The van der Waals surface area contributed by atoms with Crippen LogP contribution in [0.3, 0.4) is 0 Å². The summed E-state index contributed by atoms with van der Waals surface area (Å²) in [5, 5.41) is 2.84. The molecule has 1 N–H and O–H groups in total. The van der Waals surface area contributed by atoms with Gasteiger partial charge in [-0.25, -0.2) is 0 Å². The highest BCUT2D eigenvalue weighted by Gasteiger charge is 2.06. The molecule has 0 aromatic heterocycles. The second-order valence-corrected chi connectivity index (χ2v) is 8.18. The molecular formula is C28H31NO4S. The number of anilines is 1. The Morgan fingerprint density at radius 1 is 0.941 bits per heavy atom. The lowest BCUT2D eigenvalue weighted by atomic mass is 10.0. The van der Waals surface area contributed by atoms with E-state index in [1.54, 1.807) is 13.2 Å². The Morgan fingerprint density at radius 2 is 1.68 bits per heavy atom. The molecule has 3 aromatic rings. The van der Waals surface area contributed by atoms with Crippen molar-refractivity contribution in [3.63, 3.8) is 0 Å². The number of unbranched alkanes of at least 4 members (excludes halogenated alkanes) is 1. The van der Waals surface area contributed by atoms with E-state index in [9.17, 15) is 4.79 Å². The molecule has 5 nitrogen and oxygen atoms in total. The van der Waals surface area contributed by atoms with Gasteiger partial charge in [0, 0.05) is 28.8 Å². The number of nitrogens with one attached hydrogen (secondary N) is 1. The first-order chi connectivity index (χ1) is 16.6. The van der Waals surface area contributed by atoms with Crippen molar-refractivity contribution in [3.8, 4) is 22.6 Å². The fourth-order valence-electron chi connectivity index (χ4n) is 3.25. The number of rotatable bonds is 12. The van der Waals surface area contributed by atoms with Gasteiger partial charge in [-0.05, 0) is 72.2 Å². The van der Waals surface area contributed by atoms with E-state index in [1.807, 2.05) is 66.7 Å². The number of amides is 1. The van der Waals surface area contributed by atoms with E-state index in [0.717, 1.165) is 46.8 Å². The first kappa shape index (κ1) is 25.4.